The summed E-state index contributed by atoms with van der Waals surface area (Å²) >= 11 is 0. The molecule has 0 spiro atoms. The van der Waals surface area contributed by atoms with Crippen LogP contribution in [-0.2, 0) is 0 Å². The molecule has 148 valence electrons. The van der Waals surface area contributed by atoms with Gasteiger partial charge in [0, 0.05) is 6.07 Å². The van der Waals surface area contributed by atoms with Crippen LogP contribution in [0.15, 0.2) is 66.4 Å². The zero-order valence-electron chi connectivity index (χ0n) is 15.4. The summed E-state index contributed by atoms with van der Waals surface area (Å²) in [6.07, 6.45) is 1.46. The van der Waals surface area contributed by atoms with Gasteiger partial charge in [0.15, 0.2) is 17.3 Å². The maximum atomic E-state index is 13.4. The molecule has 0 aromatic heterocycles. The van der Waals surface area contributed by atoms with Crippen molar-refractivity contribution < 1.29 is 32.9 Å². The van der Waals surface area contributed by atoms with E-state index < -0.39 is 11.8 Å². The van der Waals surface area contributed by atoms with Crippen LogP contribution >= 0.6 is 0 Å². The van der Waals surface area contributed by atoms with Crippen LogP contribution in [0.3, 0.4) is 0 Å². The summed E-state index contributed by atoms with van der Waals surface area (Å²) in [6.45, 7) is 0.107. The molecule has 0 aliphatic carbocycles. The molecule has 0 saturated carbocycles. The lowest BCUT2D eigenvalue weighted by Crippen LogP contribution is -2.08. The van der Waals surface area contributed by atoms with Crippen molar-refractivity contribution >= 4 is 17.8 Å². The van der Waals surface area contributed by atoms with Gasteiger partial charge >= 0.3 is 5.97 Å². The van der Waals surface area contributed by atoms with E-state index in [0.717, 1.165) is 0 Å². The molecule has 2 aliphatic heterocycles. The molecule has 0 saturated heterocycles. The fourth-order valence-corrected chi connectivity index (χ4v) is 3.17. The monoisotopic (exact) mass is 404 g/mol. The third-order valence-electron chi connectivity index (χ3n) is 4.61. The van der Waals surface area contributed by atoms with Gasteiger partial charge in [0.25, 0.3) is 0 Å². The highest BCUT2D eigenvalue weighted by Crippen LogP contribution is 2.36. The van der Waals surface area contributed by atoms with E-state index in [2.05, 4.69) is 0 Å². The second-order valence-corrected chi connectivity index (χ2v) is 6.61. The minimum Gasteiger partial charge on any atom is -0.454 e. The Morgan fingerprint density at radius 2 is 1.83 bits per heavy atom. The van der Waals surface area contributed by atoms with Crippen LogP contribution in [0.1, 0.15) is 26.3 Å². The van der Waals surface area contributed by atoms with Gasteiger partial charge in [-0.2, -0.15) is 0 Å². The first-order valence-corrected chi connectivity index (χ1v) is 9.02. The number of fused-ring (bicyclic) bond motifs is 2. The second-order valence-electron chi connectivity index (χ2n) is 6.61. The summed E-state index contributed by atoms with van der Waals surface area (Å²) in [5.74, 6) is 0.249. The van der Waals surface area contributed by atoms with Gasteiger partial charge in [-0.05, 0) is 54.1 Å². The van der Waals surface area contributed by atoms with Gasteiger partial charge in [0.1, 0.15) is 17.3 Å². The lowest BCUT2D eigenvalue weighted by molar-refractivity contribution is 0.0734. The highest BCUT2D eigenvalue weighted by Gasteiger charge is 2.28. The number of benzene rings is 3. The van der Waals surface area contributed by atoms with Gasteiger partial charge in [0.05, 0.1) is 11.1 Å². The van der Waals surface area contributed by atoms with Gasteiger partial charge in [-0.25, -0.2) is 9.18 Å². The fourth-order valence-electron chi connectivity index (χ4n) is 3.17. The van der Waals surface area contributed by atoms with E-state index in [1.807, 2.05) is 0 Å². The maximum Gasteiger partial charge on any atom is 0.343 e. The van der Waals surface area contributed by atoms with Crippen molar-refractivity contribution in [3.63, 3.8) is 0 Å². The number of esters is 1. The minimum atomic E-state index is -0.590. The molecule has 2 heterocycles. The molecule has 0 fully saturated rings. The zero-order chi connectivity index (χ0) is 20.7. The predicted octanol–water partition coefficient (Wildman–Crippen LogP) is 4.39. The van der Waals surface area contributed by atoms with Crippen LogP contribution in [0.25, 0.3) is 6.08 Å². The first-order valence-electron chi connectivity index (χ1n) is 9.02. The molecule has 7 heteroatoms. The van der Waals surface area contributed by atoms with Crippen LogP contribution < -0.4 is 18.9 Å². The molecule has 0 unspecified atom stereocenters. The van der Waals surface area contributed by atoms with Crippen LogP contribution in [0.2, 0.25) is 0 Å². The van der Waals surface area contributed by atoms with E-state index in [1.54, 1.807) is 24.3 Å². The second kappa shape index (κ2) is 7.04. The van der Waals surface area contributed by atoms with E-state index in [0.29, 0.717) is 28.2 Å². The van der Waals surface area contributed by atoms with Crippen molar-refractivity contribution in [2.45, 2.75) is 0 Å². The molecular formula is C23H13FO6. The predicted molar refractivity (Wildman–Crippen MR) is 103 cm³/mol. The summed E-state index contributed by atoms with van der Waals surface area (Å²) < 4.78 is 34.9. The largest absolute Gasteiger partial charge is 0.454 e. The Balaban J connectivity index is 1.36. The number of carbonyl (C=O) groups is 2. The van der Waals surface area contributed by atoms with Crippen LogP contribution in [0, 0.1) is 5.82 Å². The molecule has 6 nitrogen and oxygen atoms in total. The number of carbonyl (C=O) groups excluding carboxylic acids is 2. The Bertz CT molecular complexity index is 1230. The number of ether oxygens (including phenoxy) is 4. The average molecular weight is 404 g/mol. The van der Waals surface area contributed by atoms with Crippen molar-refractivity contribution in [2.24, 2.45) is 0 Å². The van der Waals surface area contributed by atoms with Crippen molar-refractivity contribution in [2.75, 3.05) is 6.79 Å². The van der Waals surface area contributed by atoms with Crippen molar-refractivity contribution in [3.05, 3.63) is 88.9 Å². The number of Topliss-reactive ketones (excluding diaryl/α,β-unsaturated/α-hetero) is 1. The molecular weight excluding hydrogens is 391 g/mol. The van der Waals surface area contributed by atoms with E-state index in [-0.39, 0.29) is 29.8 Å². The Morgan fingerprint density at radius 3 is 2.70 bits per heavy atom. The highest BCUT2D eigenvalue weighted by atomic mass is 19.1. The van der Waals surface area contributed by atoms with Crippen molar-refractivity contribution in [3.8, 4) is 23.0 Å². The molecule has 0 N–H and O–H groups in total. The fraction of sp³-hybridized carbons (Fsp3) is 0.0435. The zero-order valence-corrected chi connectivity index (χ0v) is 15.4. The number of rotatable bonds is 3. The number of allylic oxidation sites excluding steroid dienone is 1. The normalized spacial score (nSPS) is 15.1. The molecule has 0 atom stereocenters. The third-order valence-corrected chi connectivity index (χ3v) is 4.61. The number of halogens is 1. The van der Waals surface area contributed by atoms with Gasteiger partial charge in [-0.3, -0.25) is 4.79 Å². The van der Waals surface area contributed by atoms with Gasteiger partial charge < -0.3 is 18.9 Å². The standard InChI is InChI=1S/C23H13FO6/c24-15-3-1-2-13(8-15)9-21-22(25)17-6-5-16(11-19(17)30-21)29-23(26)14-4-7-18-20(10-14)28-12-27-18/h1-11H,12H2/b21-9-. The quantitative estimate of drug-likeness (QED) is 0.366. The Hall–Kier alpha value is -4.13. The van der Waals surface area contributed by atoms with Gasteiger partial charge in [0.2, 0.25) is 12.6 Å². The molecule has 3 aromatic rings. The lowest BCUT2D eigenvalue weighted by atomic mass is 10.1. The molecule has 0 amide bonds. The summed E-state index contributed by atoms with van der Waals surface area (Å²) in [5, 5.41) is 0. The Kier molecular flexibility index (Phi) is 4.21. The van der Waals surface area contributed by atoms with Crippen LogP contribution in [0.5, 0.6) is 23.0 Å². The average Bonchev–Trinajstić information content (AvgIpc) is 3.32. The van der Waals surface area contributed by atoms with Crippen LogP contribution in [0.4, 0.5) is 4.39 Å². The number of ketones is 1. The van der Waals surface area contributed by atoms with Crippen molar-refractivity contribution in [1.29, 1.82) is 0 Å². The highest BCUT2D eigenvalue weighted by molar-refractivity contribution is 6.14. The SMILES string of the molecule is O=C(Oc1ccc2c(c1)O/C(=C\c1cccc(F)c1)C2=O)c1ccc2c(c1)OCO2. The number of hydrogen-bond donors (Lipinski definition) is 0. The molecule has 3 aromatic carbocycles. The molecule has 0 radical (unpaired) electrons. The minimum absolute atomic E-state index is 0.0647. The molecule has 0 bridgehead atoms. The van der Waals surface area contributed by atoms with E-state index in [1.165, 1.54) is 42.5 Å². The number of hydrogen-bond acceptors (Lipinski definition) is 6. The molecule has 5 rings (SSSR count). The maximum absolute atomic E-state index is 13.4. The Morgan fingerprint density at radius 1 is 0.967 bits per heavy atom. The van der Waals surface area contributed by atoms with Crippen LogP contribution in [-0.4, -0.2) is 18.5 Å². The van der Waals surface area contributed by atoms with E-state index in [9.17, 15) is 14.0 Å². The first kappa shape index (κ1) is 17.9. The molecule has 2 aliphatic rings. The topological polar surface area (TPSA) is 71.1 Å². The van der Waals surface area contributed by atoms with E-state index in [4.69, 9.17) is 18.9 Å². The summed E-state index contributed by atoms with van der Waals surface area (Å²) in [7, 11) is 0. The summed E-state index contributed by atoms with van der Waals surface area (Å²) in [4.78, 5) is 25.0. The summed E-state index contributed by atoms with van der Waals surface area (Å²) in [5.41, 5.74) is 1.13. The smallest absolute Gasteiger partial charge is 0.343 e. The summed E-state index contributed by atoms with van der Waals surface area (Å²) in [6, 6.07) is 15.1. The van der Waals surface area contributed by atoms with Crippen molar-refractivity contribution in [1.82, 2.24) is 0 Å². The molecule has 30 heavy (non-hydrogen) atoms. The van der Waals surface area contributed by atoms with E-state index >= 15 is 0 Å². The van der Waals surface area contributed by atoms with Gasteiger partial charge in [-0.15, -0.1) is 0 Å². The first-order chi connectivity index (χ1) is 14.6. The third kappa shape index (κ3) is 3.26. The van der Waals surface area contributed by atoms with Gasteiger partial charge in [-0.1, -0.05) is 12.1 Å². The Labute approximate surface area is 170 Å². The lowest BCUT2D eigenvalue weighted by Gasteiger charge is -2.06.